The van der Waals surface area contributed by atoms with Gasteiger partial charge in [-0.15, -0.1) is 0 Å². The number of benzene rings is 1. The van der Waals surface area contributed by atoms with Crippen LogP contribution in [0, 0.1) is 35.4 Å². The third-order valence-corrected chi connectivity index (χ3v) is 8.65. The normalized spacial score (nSPS) is 15.2. The van der Waals surface area contributed by atoms with Gasteiger partial charge in [-0.25, -0.2) is 4.39 Å². The zero-order valence-corrected chi connectivity index (χ0v) is 29.5. The van der Waals surface area contributed by atoms with Gasteiger partial charge < -0.3 is 21.7 Å². The molecule has 0 fully saturated rings. The third-order valence-electron chi connectivity index (χ3n) is 8.65. The molecule has 0 aromatic heterocycles. The lowest BCUT2D eigenvalue weighted by atomic mass is 9.86. The number of unbranched alkanes of at least 4 members (excludes halogenated alkanes) is 1. The standard InChI is InChI=1S/C36H57FN4O6/c1-9-23(6)34(39-31(45)19-26-13-15-28(37)16-14-26)30(44)20-27(12-10-11-17-38)36(47)41-33(22(4)5)29(43)18-24(7)35(46)40-32(21(2)3)25(8)42/h13-16,21-24,27,32-34H,9-12,17-20,38H2,1-8H3,(H,39,45)(H,40,46)(H,41,47)/t23?,24-,27-,32+,33+,34+/m1/s1. The number of nitrogens with one attached hydrogen (secondary N) is 3. The van der Waals surface area contributed by atoms with E-state index in [1.54, 1.807) is 20.8 Å². The second kappa shape index (κ2) is 20.7. The maximum Gasteiger partial charge on any atom is 0.225 e. The molecule has 264 valence electrons. The van der Waals surface area contributed by atoms with E-state index in [1.165, 1.54) is 31.2 Å². The molecule has 0 aliphatic rings. The summed E-state index contributed by atoms with van der Waals surface area (Å²) in [6.45, 7) is 14.4. The summed E-state index contributed by atoms with van der Waals surface area (Å²) >= 11 is 0. The van der Waals surface area contributed by atoms with E-state index in [9.17, 15) is 33.2 Å². The smallest absolute Gasteiger partial charge is 0.225 e. The summed E-state index contributed by atoms with van der Waals surface area (Å²) in [5.41, 5.74) is 6.29. The fourth-order valence-corrected chi connectivity index (χ4v) is 5.46. The lowest BCUT2D eigenvalue weighted by Gasteiger charge is -2.28. The quantitative estimate of drug-likeness (QED) is 0.136. The molecule has 0 bridgehead atoms. The fourth-order valence-electron chi connectivity index (χ4n) is 5.46. The van der Waals surface area contributed by atoms with Crippen LogP contribution in [0.1, 0.15) is 99.5 Å². The summed E-state index contributed by atoms with van der Waals surface area (Å²) in [6.07, 6.45) is 1.92. The van der Waals surface area contributed by atoms with Crippen molar-refractivity contribution in [2.45, 2.75) is 118 Å². The first-order chi connectivity index (χ1) is 22.0. The number of carbonyl (C=O) groups is 6. The molecule has 0 heterocycles. The Morgan fingerprint density at radius 3 is 1.81 bits per heavy atom. The summed E-state index contributed by atoms with van der Waals surface area (Å²) in [5.74, 6) is -4.52. The van der Waals surface area contributed by atoms with E-state index in [0.717, 1.165) is 0 Å². The predicted molar refractivity (Wildman–Crippen MR) is 181 cm³/mol. The van der Waals surface area contributed by atoms with Crippen molar-refractivity contribution in [1.82, 2.24) is 16.0 Å². The molecule has 0 aliphatic carbocycles. The van der Waals surface area contributed by atoms with E-state index >= 15 is 0 Å². The molecule has 10 nitrogen and oxygen atoms in total. The molecule has 5 N–H and O–H groups in total. The lowest BCUT2D eigenvalue weighted by molar-refractivity contribution is -0.136. The van der Waals surface area contributed by atoms with Gasteiger partial charge in [0.05, 0.1) is 24.5 Å². The summed E-state index contributed by atoms with van der Waals surface area (Å²) < 4.78 is 13.3. The topological polar surface area (TPSA) is 165 Å². The molecule has 47 heavy (non-hydrogen) atoms. The maximum atomic E-state index is 13.7. The summed E-state index contributed by atoms with van der Waals surface area (Å²) in [5, 5.41) is 8.42. The second-order valence-electron chi connectivity index (χ2n) is 13.5. The van der Waals surface area contributed by atoms with Gasteiger partial charge in [0.2, 0.25) is 17.7 Å². The van der Waals surface area contributed by atoms with E-state index in [-0.39, 0.29) is 60.3 Å². The van der Waals surface area contributed by atoms with Crippen LogP contribution >= 0.6 is 0 Å². The average molecular weight is 661 g/mol. The fraction of sp³-hybridized carbons (Fsp3) is 0.667. The molecule has 6 atom stereocenters. The van der Waals surface area contributed by atoms with Crippen molar-refractivity contribution < 1.29 is 33.2 Å². The number of Topliss-reactive ketones (excluding diaryl/α,β-unsaturated/α-hetero) is 3. The van der Waals surface area contributed by atoms with Gasteiger partial charge in [-0.2, -0.15) is 0 Å². The summed E-state index contributed by atoms with van der Waals surface area (Å²) in [6, 6.07) is 3.20. The number of amides is 3. The number of halogens is 1. The molecule has 1 aromatic rings. The molecule has 0 aliphatic heterocycles. The van der Waals surface area contributed by atoms with Crippen LogP contribution in [0.4, 0.5) is 4.39 Å². The number of carbonyl (C=O) groups excluding carboxylic acids is 6. The molecule has 1 aromatic carbocycles. The Bertz CT molecular complexity index is 1200. The third kappa shape index (κ3) is 14.5. The van der Waals surface area contributed by atoms with Crippen molar-refractivity contribution in [2.24, 2.45) is 35.3 Å². The highest BCUT2D eigenvalue weighted by molar-refractivity contribution is 5.96. The second-order valence-corrected chi connectivity index (χ2v) is 13.5. The number of hydrogen-bond donors (Lipinski definition) is 4. The molecule has 0 spiro atoms. The van der Waals surface area contributed by atoms with Crippen molar-refractivity contribution in [3.05, 3.63) is 35.6 Å². The van der Waals surface area contributed by atoms with Gasteiger partial charge in [0.15, 0.2) is 17.3 Å². The Morgan fingerprint density at radius 1 is 0.745 bits per heavy atom. The van der Waals surface area contributed by atoms with Crippen LogP contribution in [0.25, 0.3) is 0 Å². The zero-order valence-electron chi connectivity index (χ0n) is 29.5. The maximum absolute atomic E-state index is 13.7. The van der Waals surface area contributed by atoms with Crippen molar-refractivity contribution in [1.29, 1.82) is 0 Å². The van der Waals surface area contributed by atoms with Crippen LogP contribution in [-0.2, 0) is 35.2 Å². The van der Waals surface area contributed by atoms with Crippen LogP contribution in [-0.4, -0.2) is 59.7 Å². The predicted octanol–water partition coefficient (Wildman–Crippen LogP) is 4.07. The van der Waals surface area contributed by atoms with E-state index < -0.39 is 47.6 Å². The first-order valence-electron chi connectivity index (χ1n) is 16.9. The van der Waals surface area contributed by atoms with Crippen LogP contribution in [0.5, 0.6) is 0 Å². The number of rotatable bonds is 22. The van der Waals surface area contributed by atoms with Gasteiger partial charge in [-0.3, -0.25) is 28.8 Å². The highest BCUT2D eigenvalue weighted by Crippen LogP contribution is 2.21. The minimum absolute atomic E-state index is 0.0254. The molecule has 11 heteroatoms. The van der Waals surface area contributed by atoms with E-state index in [4.69, 9.17) is 5.73 Å². The molecule has 3 amide bonds. The van der Waals surface area contributed by atoms with E-state index in [2.05, 4.69) is 16.0 Å². The van der Waals surface area contributed by atoms with Crippen LogP contribution in [0.2, 0.25) is 0 Å². The largest absolute Gasteiger partial charge is 0.346 e. The molecular formula is C36H57FN4O6. The van der Waals surface area contributed by atoms with Crippen LogP contribution < -0.4 is 21.7 Å². The van der Waals surface area contributed by atoms with Crippen LogP contribution in [0.15, 0.2) is 24.3 Å². The Morgan fingerprint density at radius 2 is 1.30 bits per heavy atom. The van der Waals surface area contributed by atoms with Crippen LogP contribution in [0.3, 0.4) is 0 Å². The molecular weight excluding hydrogens is 603 g/mol. The van der Waals surface area contributed by atoms with Crippen molar-refractivity contribution in [2.75, 3.05) is 6.54 Å². The van der Waals surface area contributed by atoms with Gasteiger partial charge >= 0.3 is 0 Å². The van der Waals surface area contributed by atoms with Crippen molar-refractivity contribution in [3.8, 4) is 0 Å². The number of ketones is 3. The van der Waals surface area contributed by atoms with Crippen molar-refractivity contribution >= 4 is 35.1 Å². The zero-order chi connectivity index (χ0) is 35.8. The van der Waals surface area contributed by atoms with Gasteiger partial charge in [0, 0.05) is 24.7 Å². The number of hydrogen-bond acceptors (Lipinski definition) is 7. The minimum Gasteiger partial charge on any atom is -0.346 e. The monoisotopic (exact) mass is 660 g/mol. The SMILES string of the molecule is CCC(C)[C@H](NC(=O)Cc1ccc(F)cc1)C(=O)C[C@@H](CCCCN)C(=O)N[C@H](C(=O)C[C@@H](C)C(=O)N[C@H](C(C)=O)C(C)C)C(C)C. The summed E-state index contributed by atoms with van der Waals surface area (Å²) in [4.78, 5) is 78.4. The van der Waals surface area contributed by atoms with Gasteiger partial charge in [0.25, 0.3) is 0 Å². The highest BCUT2D eigenvalue weighted by atomic mass is 19.1. The number of nitrogens with two attached hydrogens (primary N) is 1. The first kappa shape index (κ1) is 41.6. The van der Waals surface area contributed by atoms with Gasteiger partial charge in [0.1, 0.15) is 5.82 Å². The molecule has 0 saturated heterocycles. The minimum atomic E-state index is -0.890. The van der Waals surface area contributed by atoms with E-state index in [1.807, 2.05) is 27.7 Å². The molecule has 1 rings (SSSR count). The molecule has 0 radical (unpaired) electrons. The summed E-state index contributed by atoms with van der Waals surface area (Å²) in [7, 11) is 0. The Labute approximate surface area is 280 Å². The van der Waals surface area contributed by atoms with E-state index in [0.29, 0.717) is 37.8 Å². The van der Waals surface area contributed by atoms with Gasteiger partial charge in [-0.1, -0.05) is 73.4 Å². The van der Waals surface area contributed by atoms with Crippen molar-refractivity contribution in [3.63, 3.8) is 0 Å². The molecule has 0 saturated carbocycles. The molecule has 1 unspecified atom stereocenters. The highest BCUT2D eigenvalue weighted by Gasteiger charge is 2.34. The van der Waals surface area contributed by atoms with Gasteiger partial charge in [-0.05, 0) is 61.8 Å². The average Bonchev–Trinajstić information content (AvgIpc) is 3.00. The Kier molecular flexibility index (Phi) is 18.3. The Balaban J connectivity index is 3.07. The first-order valence-corrected chi connectivity index (χ1v) is 16.9. The lowest BCUT2D eigenvalue weighted by Crippen LogP contribution is -2.50. The Hall–Kier alpha value is -3.47.